The molecule has 2 aromatic rings. The maximum Gasteiger partial charge on any atom is 0.257 e. The lowest BCUT2D eigenvalue weighted by molar-refractivity contribution is -0.116. The molecule has 1 aromatic carbocycles. The number of hydrogen-bond donors (Lipinski definition) is 2. The van der Waals surface area contributed by atoms with Gasteiger partial charge in [0.15, 0.2) is 22.4 Å². The van der Waals surface area contributed by atoms with Crippen LogP contribution in [-0.4, -0.2) is 42.3 Å². The molecule has 1 aliphatic carbocycles. The fourth-order valence-corrected chi connectivity index (χ4v) is 5.21. The summed E-state index contributed by atoms with van der Waals surface area (Å²) in [5.41, 5.74) is 2.31. The molecule has 0 saturated heterocycles. The number of fused-ring (bicyclic) bond motifs is 1. The number of Topliss-reactive ketones (excluding diaryl/α,β-unsaturated/α-hetero) is 1. The summed E-state index contributed by atoms with van der Waals surface area (Å²) in [5, 5.41) is 4.19. The van der Waals surface area contributed by atoms with Crippen molar-refractivity contribution in [3.63, 3.8) is 0 Å². The van der Waals surface area contributed by atoms with Crippen molar-refractivity contribution in [3.05, 3.63) is 44.9 Å². The van der Waals surface area contributed by atoms with Crippen LogP contribution in [0.2, 0.25) is 0 Å². The molecule has 8 nitrogen and oxygen atoms in total. The van der Waals surface area contributed by atoms with Crippen molar-refractivity contribution in [3.8, 4) is 17.2 Å². The Balaban J connectivity index is 1.94. The molecule has 33 heavy (non-hydrogen) atoms. The van der Waals surface area contributed by atoms with E-state index in [-0.39, 0.29) is 11.3 Å². The minimum Gasteiger partial charge on any atom is -0.493 e. The van der Waals surface area contributed by atoms with Crippen molar-refractivity contribution in [2.45, 2.75) is 55.9 Å². The van der Waals surface area contributed by atoms with Gasteiger partial charge in [-0.3, -0.25) is 9.59 Å². The molecule has 2 N–H and O–H groups in total. The maximum atomic E-state index is 13.4. The molecule has 2 atom stereocenters. The summed E-state index contributed by atoms with van der Waals surface area (Å²) >= 11 is 1.53. The number of thioether (sulfide) groups is 1. The van der Waals surface area contributed by atoms with Crippen LogP contribution < -0.4 is 25.1 Å². The Hall–Kier alpha value is -2.94. The Labute approximate surface area is 197 Å². The summed E-state index contributed by atoms with van der Waals surface area (Å²) in [6, 6.07) is 3.60. The fourth-order valence-electron chi connectivity index (χ4n) is 4.37. The van der Waals surface area contributed by atoms with Gasteiger partial charge in [0.1, 0.15) is 5.82 Å². The molecule has 0 fully saturated rings. The number of hydrogen-bond acceptors (Lipinski definition) is 8. The summed E-state index contributed by atoms with van der Waals surface area (Å²) in [7, 11) is 4.62. The van der Waals surface area contributed by atoms with E-state index in [4.69, 9.17) is 19.2 Å². The highest BCUT2D eigenvalue weighted by Crippen LogP contribution is 2.47. The van der Waals surface area contributed by atoms with Crippen LogP contribution in [0.4, 0.5) is 5.82 Å². The molecule has 1 aromatic heterocycles. The minimum atomic E-state index is -0.586. The highest BCUT2D eigenvalue weighted by atomic mass is 32.2. The molecule has 0 bridgehead atoms. The first-order chi connectivity index (χ1) is 15.9. The molecule has 2 aliphatic rings. The molecular weight excluding hydrogens is 442 g/mol. The summed E-state index contributed by atoms with van der Waals surface area (Å²) in [4.78, 5) is 34.1. The van der Waals surface area contributed by atoms with Crippen molar-refractivity contribution in [1.29, 1.82) is 0 Å². The molecule has 4 rings (SSSR count). The van der Waals surface area contributed by atoms with E-state index < -0.39 is 5.92 Å². The molecule has 2 unspecified atom stereocenters. The van der Waals surface area contributed by atoms with Crippen molar-refractivity contribution < 1.29 is 19.0 Å². The molecule has 2 heterocycles. The fraction of sp³-hybridized carbons (Fsp3) is 0.458. The minimum absolute atomic E-state index is 0.0330. The summed E-state index contributed by atoms with van der Waals surface area (Å²) < 4.78 is 16.5. The first-order valence-corrected chi connectivity index (χ1v) is 11.9. The third-order valence-electron chi connectivity index (χ3n) is 6.14. The van der Waals surface area contributed by atoms with E-state index in [0.29, 0.717) is 56.6 Å². The number of ketones is 1. The third kappa shape index (κ3) is 4.21. The van der Waals surface area contributed by atoms with Crippen LogP contribution in [0, 0.1) is 0 Å². The lowest BCUT2D eigenvalue weighted by Gasteiger charge is -2.33. The zero-order chi connectivity index (χ0) is 23.7. The van der Waals surface area contributed by atoms with Gasteiger partial charge in [-0.2, -0.15) is 0 Å². The molecule has 0 amide bonds. The number of rotatable bonds is 7. The number of carbonyl (C=O) groups excluding carboxylic acids is 1. The van der Waals surface area contributed by atoms with E-state index in [1.807, 2.05) is 0 Å². The number of methoxy groups -OCH3 is 3. The number of anilines is 1. The molecule has 0 spiro atoms. The Morgan fingerprint density at radius 3 is 2.42 bits per heavy atom. The second-order valence-corrected chi connectivity index (χ2v) is 9.58. The molecule has 0 radical (unpaired) electrons. The van der Waals surface area contributed by atoms with Gasteiger partial charge in [-0.15, -0.1) is 0 Å². The highest BCUT2D eigenvalue weighted by molar-refractivity contribution is 7.99. The normalized spacial score (nSPS) is 18.2. The lowest BCUT2D eigenvalue weighted by atomic mass is 9.76. The van der Waals surface area contributed by atoms with Crippen molar-refractivity contribution in [2.75, 3.05) is 26.6 Å². The van der Waals surface area contributed by atoms with Gasteiger partial charge in [-0.1, -0.05) is 25.6 Å². The zero-order valence-electron chi connectivity index (χ0n) is 19.5. The third-order valence-corrected chi connectivity index (χ3v) is 7.30. The molecule has 176 valence electrons. The van der Waals surface area contributed by atoms with Gasteiger partial charge < -0.3 is 24.5 Å². The Morgan fingerprint density at radius 1 is 1.12 bits per heavy atom. The number of ether oxygens (including phenoxy) is 3. The van der Waals surface area contributed by atoms with E-state index in [0.717, 1.165) is 25.0 Å². The number of nitrogens with one attached hydrogen (secondary N) is 2. The van der Waals surface area contributed by atoms with Gasteiger partial charge >= 0.3 is 0 Å². The standard InChI is InChI=1S/C24H29N3O5S/c1-6-12(2)33-24-26-22-20(23(29)27-24)18(19-14(25-22)8-7-9-15(19)28)13-10-16(30-3)21(32-5)17(11-13)31-4/h10-12,18H,6-9H2,1-5H3,(H2,25,26,27,29). The Morgan fingerprint density at radius 2 is 1.82 bits per heavy atom. The van der Waals surface area contributed by atoms with Crippen LogP contribution >= 0.6 is 11.8 Å². The molecular formula is C24H29N3O5S. The average molecular weight is 472 g/mol. The van der Waals surface area contributed by atoms with Crippen molar-refractivity contribution in [2.24, 2.45) is 0 Å². The summed E-state index contributed by atoms with van der Waals surface area (Å²) in [6.45, 7) is 4.19. The summed E-state index contributed by atoms with van der Waals surface area (Å²) in [5.74, 6) is 1.32. The number of aromatic nitrogens is 2. The molecule has 1 aliphatic heterocycles. The van der Waals surface area contributed by atoms with E-state index in [1.165, 1.54) is 18.9 Å². The number of benzene rings is 1. The predicted molar refractivity (Wildman–Crippen MR) is 128 cm³/mol. The Bertz CT molecular complexity index is 1150. The van der Waals surface area contributed by atoms with E-state index in [1.54, 1.807) is 26.4 Å². The summed E-state index contributed by atoms with van der Waals surface area (Å²) in [6.07, 6.45) is 2.89. The SMILES string of the molecule is CCC(C)Sc1nc2c(c(=O)[nH]1)C(c1cc(OC)c(OC)c(OC)c1)C1=C(CCCC1=O)N2. The van der Waals surface area contributed by atoms with Crippen LogP contribution in [0.3, 0.4) is 0 Å². The van der Waals surface area contributed by atoms with Crippen molar-refractivity contribution >= 4 is 23.4 Å². The number of nitrogens with zero attached hydrogens (tertiary/aromatic N) is 1. The van der Waals surface area contributed by atoms with Gasteiger partial charge in [0.05, 0.1) is 26.9 Å². The van der Waals surface area contributed by atoms with Crippen molar-refractivity contribution in [1.82, 2.24) is 9.97 Å². The smallest absolute Gasteiger partial charge is 0.257 e. The van der Waals surface area contributed by atoms with Crippen LogP contribution in [0.25, 0.3) is 0 Å². The first-order valence-electron chi connectivity index (χ1n) is 11.1. The van der Waals surface area contributed by atoms with Gasteiger partial charge in [0, 0.05) is 28.9 Å². The van der Waals surface area contributed by atoms with Crippen LogP contribution in [0.15, 0.2) is 33.4 Å². The van der Waals surface area contributed by atoms with E-state index in [9.17, 15) is 9.59 Å². The maximum absolute atomic E-state index is 13.4. The monoisotopic (exact) mass is 471 g/mol. The second-order valence-electron chi connectivity index (χ2n) is 8.16. The predicted octanol–water partition coefficient (Wildman–Crippen LogP) is 4.25. The van der Waals surface area contributed by atoms with E-state index in [2.05, 4.69) is 24.1 Å². The average Bonchev–Trinajstić information content (AvgIpc) is 2.81. The molecule has 0 saturated carbocycles. The largest absolute Gasteiger partial charge is 0.493 e. The number of carbonyl (C=O) groups is 1. The topological polar surface area (TPSA) is 103 Å². The van der Waals surface area contributed by atoms with Gasteiger partial charge in [0.25, 0.3) is 5.56 Å². The second kappa shape index (κ2) is 9.51. The highest BCUT2D eigenvalue weighted by Gasteiger charge is 2.38. The van der Waals surface area contributed by atoms with E-state index >= 15 is 0 Å². The number of allylic oxidation sites excluding steroid dienone is 2. The zero-order valence-corrected chi connectivity index (χ0v) is 20.4. The first kappa shape index (κ1) is 23.2. The number of H-pyrrole nitrogens is 1. The molecule has 9 heteroatoms. The van der Waals surface area contributed by atoms with Gasteiger partial charge in [-0.25, -0.2) is 4.98 Å². The number of aromatic amines is 1. The van der Waals surface area contributed by atoms with Crippen LogP contribution in [0.1, 0.15) is 56.6 Å². The quantitative estimate of drug-likeness (QED) is 0.456. The van der Waals surface area contributed by atoms with Gasteiger partial charge in [0.2, 0.25) is 5.75 Å². The Kier molecular flexibility index (Phi) is 6.69. The lowest BCUT2D eigenvalue weighted by Crippen LogP contribution is -2.32. The van der Waals surface area contributed by atoms with Gasteiger partial charge in [-0.05, 0) is 37.0 Å². The van der Waals surface area contributed by atoms with Crippen LogP contribution in [0.5, 0.6) is 17.2 Å². The van der Waals surface area contributed by atoms with Crippen LogP contribution in [-0.2, 0) is 4.79 Å².